The molecule has 0 radical (unpaired) electrons. The lowest BCUT2D eigenvalue weighted by atomic mass is 9.85. The van der Waals surface area contributed by atoms with Crippen LogP contribution in [0.2, 0.25) is 0 Å². The van der Waals surface area contributed by atoms with E-state index in [1.807, 2.05) is 19.4 Å². The van der Waals surface area contributed by atoms with Gasteiger partial charge >= 0.3 is 0 Å². The highest BCUT2D eigenvalue weighted by Gasteiger charge is 2.19. The molecule has 98 valence electrons. The third-order valence-corrected chi connectivity index (χ3v) is 3.62. The van der Waals surface area contributed by atoms with Gasteiger partial charge in [0.25, 0.3) is 0 Å². The van der Waals surface area contributed by atoms with Crippen LogP contribution in [0.4, 0.5) is 0 Å². The number of aryl methyl sites for hydroxylation is 1. The lowest BCUT2D eigenvalue weighted by Gasteiger charge is -2.27. The van der Waals surface area contributed by atoms with Crippen molar-refractivity contribution in [3.63, 3.8) is 0 Å². The first-order valence-electron chi connectivity index (χ1n) is 6.64. The largest absolute Gasteiger partial charge is 0.337 e. The van der Waals surface area contributed by atoms with Crippen LogP contribution in [0.3, 0.4) is 0 Å². The summed E-state index contributed by atoms with van der Waals surface area (Å²) in [7, 11) is 2.04. The van der Waals surface area contributed by atoms with Crippen LogP contribution >= 0.6 is 0 Å². The minimum absolute atomic E-state index is 0.315. The fourth-order valence-corrected chi connectivity index (χ4v) is 2.44. The summed E-state index contributed by atoms with van der Waals surface area (Å²) in [5.74, 6) is 3.26. The molecule has 0 amide bonds. The molecule has 1 heterocycles. The third-order valence-electron chi connectivity index (χ3n) is 3.62. The van der Waals surface area contributed by atoms with E-state index < -0.39 is 0 Å². The molecule has 0 spiro atoms. The van der Waals surface area contributed by atoms with E-state index in [0.717, 1.165) is 30.1 Å². The molecule has 1 aromatic rings. The Morgan fingerprint density at radius 1 is 1.18 bits per heavy atom. The van der Waals surface area contributed by atoms with E-state index >= 15 is 0 Å². The van der Waals surface area contributed by atoms with E-state index in [1.54, 1.807) is 0 Å². The van der Waals surface area contributed by atoms with Crippen molar-refractivity contribution in [3.05, 3.63) is 18.2 Å². The summed E-state index contributed by atoms with van der Waals surface area (Å²) in [5.41, 5.74) is 0. The fourth-order valence-electron chi connectivity index (χ4n) is 2.44. The number of nitrogens with one attached hydrogen (secondary N) is 1. The van der Waals surface area contributed by atoms with Crippen LogP contribution in [-0.2, 0) is 7.05 Å². The summed E-state index contributed by atoms with van der Waals surface area (Å²) in [6, 6.07) is 0.315. The van der Waals surface area contributed by atoms with Gasteiger partial charge in [-0.25, -0.2) is 4.98 Å². The summed E-state index contributed by atoms with van der Waals surface area (Å²) in [6.07, 6.45) is 3.85. The summed E-state index contributed by atoms with van der Waals surface area (Å²) in [5, 5.41) is 3.61. The van der Waals surface area contributed by atoms with E-state index in [9.17, 15) is 0 Å². The van der Waals surface area contributed by atoms with E-state index in [4.69, 9.17) is 0 Å². The zero-order valence-electron chi connectivity index (χ0n) is 12.1. The molecule has 3 nitrogen and oxygen atoms in total. The first-order chi connectivity index (χ1) is 7.93. The van der Waals surface area contributed by atoms with Gasteiger partial charge in [0, 0.05) is 19.4 Å². The molecule has 1 unspecified atom stereocenters. The molecule has 0 saturated heterocycles. The Bertz CT molecular complexity index is 320. The molecule has 0 aromatic carbocycles. The van der Waals surface area contributed by atoms with Crippen LogP contribution < -0.4 is 5.32 Å². The first-order valence-corrected chi connectivity index (χ1v) is 6.64. The Morgan fingerprint density at radius 3 is 2.18 bits per heavy atom. The minimum Gasteiger partial charge on any atom is -0.337 e. The Balaban J connectivity index is 2.52. The van der Waals surface area contributed by atoms with E-state index in [-0.39, 0.29) is 0 Å². The molecule has 0 aliphatic carbocycles. The molecule has 1 rings (SSSR count). The zero-order valence-corrected chi connectivity index (χ0v) is 12.1. The quantitative estimate of drug-likeness (QED) is 0.824. The van der Waals surface area contributed by atoms with Crippen molar-refractivity contribution in [1.29, 1.82) is 0 Å². The number of imidazole rings is 1. The molecule has 17 heavy (non-hydrogen) atoms. The maximum Gasteiger partial charge on any atom is 0.125 e. The van der Waals surface area contributed by atoms with Gasteiger partial charge in [-0.2, -0.15) is 0 Å². The number of nitrogens with zero attached hydrogens (tertiary/aromatic N) is 2. The van der Waals surface area contributed by atoms with Crippen molar-refractivity contribution in [2.45, 2.75) is 40.7 Å². The second kappa shape index (κ2) is 6.20. The van der Waals surface area contributed by atoms with Gasteiger partial charge in [0.2, 0.25) is 0 Å². The van der Waals surface area contributed by atoms with Crippen molar-refractivity contribution in [3.8, 4) is 0 Å². The molecule has 0 saturated carbocycles. The van der Waals surface area contributed by atoms with Gasteiger partial charge in [-0.15, -0.1) is 0 Å². The highest BCUT2D eigenvalue weighted by atomic mass is 15.1. The summed E-state index contributed by atoms with van der Waals surface area (Å²) < 4.78 is 2.08. The van der Waals surface area contributed by atoms with Gasteiger partial charge in [-0.3, -0.25) is 0 Å². The van der Waals surface area contributed by atoms with Crippen molar-refractivity contribution >= 4 is 0 Å². The highest BCUT2D eigenvalue weighted by molar-refractivity contribution is 4.97. The van der Waals surface area contributed by atoms with Gasteiger partial charge in [-0.1, -0.05) is 27.7 Å². The van der Waals surface area contributed by atoms with Gasteiger partial charge in [0.1, 0.15) is 5.82 Å². The second-order valence-corrected chi connectivity index (χ2v) is 5.68. The van der Waals surface area contributed by atoms with Crippen LogP contribution in [0.1, 0.15) is 46.5 Å². The first kappa shape index (κ1) is 14.2. The maximum absolute atomic E-state index is 4.38. The molecular formula is C14H27N3. The Hall–Kier alpha value is -0.830. The van der Waals surface area contributed by atoms with E-state index in [0.29, 0.717) is 6.04 Å². The lowest BCUT2D eigenvalue weighted by Crippen LogP contribution is -2.32. The Labute approximate surface area is 106 Å². The Kier molecular flexibility index (Phi) is 5.19. The topological polar surface area (TPSA) is 29.9 Å². The van der Waals surface area contributed by atoms with Gasteiger partial charge in [-0.05, 0) is 31.2 Å². The van der Waals surface area contributed by atoms with Gasteiger partial charge < -0.3 is 9.88 Å². The highest BCUT2D eigenvalue weighted by Crippen LogP contribution is 2.20. The molecule has 0 aliphatic rings. The average Bonchev–Trinajstić information content (AvgIpc) is 2.63. The number of rotatable bonds is 6. The molecule has 0 fully saturated rings. The van der Waals surface area contributed by atoms with Crippen LogP contribution in [0.25, 0.3) is 0 Å². The monoisotopic (exact) mass is 237 g/mol. The standard InChI is InChI=1S/C14H27N3/c1-10(2)13(11(3)4)9-16-12(5)14-15-7-8-17(14)6/h7-8,10-13,16H,9H2,1-6H3. The Morgan fingerprint density at radius 2 is 1.76 bits per heavy atom. The van der Waals surface area contributed by atoms with Crippen LogP contribution in [0.15, 0.2) is 12.4 Å². The third kappa shape index (κ3) is 3.84. The molecule has 0 aliphatic heterocycles. The number of hydrogen-bond acceptors (Lipinski definition) is 2. The minimum atomic E-state index is 0.315. The second-order valence-electron chi connectivity index (χ2n) is 5.68. The van der Waals surface area contributed by atoms with Crippen molar-refractivity contribution in [1.82, 2.24) is 14.9 Å². The van der Waals surface area contributed by atoms with Gasteiger partial charge in [0.15, 0.2) is 0 Å². The molecule has 1 aromatic heterocycles. The lowest BCUT2D eigenvalue weighted by molar-refractivity contribution is 0.266. The van der Waals surface area contributed by atoms with E-state index in [1.165, 1.54) is 0 Å². The van der Waals surface area contributed by atoms with Crippen LogP contribution in [0.5, 0.6) is 0 Å². The summed E-state index contributed by atoms with van der Waals surface area (Å²) >= 11 is 0. The molecule has 1 N–H and O–H groups in total. The van der Waals surface area contributed by atoms with Crippen molar-refractivity contribution < 1.29 is 0 Å². The molecule has 3 heteroatoms. The summed E-state index contributed by atoms with van der Waals surface area (Å²) in [6.45, 7) is 12.5. The normalized spacial score (nSPS) is 13.9. The van der Waals surface area contributed by atoms with Crippen molar-refractivity contribution in [2.75, 3.05) is 6.54 Å². The molecule has 0 bridgehead atoms. The molecule has 1 atom stereocenters. The maximum atomic E-state index is 4.38. The SMILES string of the molecule is CC(NCC(C(C)C)C(C)C)c1nccn1C. The summed E-state index contributed by atoms with van der Waals surface area (Å²) in [4.78, 5) is 4.38. The zero-order chi connectivity index (χ0) is 13.0. The predicted molar refractivity (Wildman–Crippen MR) is 72.8 cm³/mol. The van der Waals surface area contributed by atoms with Crippen LogP contribution in [0, 0.1) is 17.8 Å². The van der Waals surface area contributed by atoms with Crippen LogP contribution in [-0.4, -0.2) is 16.1 Å². The predicted octanol–water partition coefficient (Wildman–Crippen LogP) is 3.00. The van der Waals surface area contributed by atoms with E-state index in [2.05, 4.69) is 49.5 Å². The smallest absolute Gasteiger partial charge is 0.125 e. The number of hydrogen-bond donors (Lipinski definition) is 1. The average molecular weight is 237 g/mol. The van der Waals surface area contributed by atoms with Gasteiger partial charge in [0.05, 0.1) is 6.04 Å². The number of aromatic nitrogens is 2. The fraction of sp³-hybridized carbons (Fsp3) is 0.786. The molecular weight excluding hydrogens is 210 g/mol. The van der Waals surface area contributed by atoms with Crippen molar-refractivity contribution in [2.24, 2.45) is 24.8 Å².